The SMILES string of the molecule is C=CCC[C@@H](O)CN1CCC[C@H]([C@@H](C)O)C1. The zero-order valence-electron chi connectivity index (χ0n) is 10.3. The predicted molar refractivity (Wildman–Crippen MR) is 66.3 cm³/mol. The fourth-order valence-electron chi connectivity index (χ4n) is 2.35. The van der Waals surface area contributed by atoms with Crippen molar-refractivity contribution in [1.29, 1.82) is 0 Å². The number of aliphatic hydroxyl groups excluding tert-OH is 2. The lowest BCUT2D eigenvalue weighted by molar-refractivity contribution is 0.0363. The van der Waals surface area contributed by atoms with Crippen molar-refractivity contribution in [2.75, 3.05) is 19.6 Å². The molecule has 3 nitrogen and oxygen atoms in total. The first-order valence-corrected chi connectivity index (χ1v) is 6.33. The van der Waals surface area contributed by atoms with Gasteiger partial charge in [-0.2, -0.15) is 0 Å². The number of likely N-dealkylation sites (tertiary alicyclic amines) is 1. The van der Waals surface area contributed by atoms with Gasteiger partial charge in [0.1, 0.15) is 0 Å². The lowest BCUT2D eigenvalue weighted by atomic mass is 9.93. The van der Waals surface area contributed by atoms with Crippen LogP contribution in [0.4, 0.5) is 0 Å². The highest BCUT2D eigenvalue weighted by Crippen LogP contribution is 2.20. The van der Waals surface area contributed by atoms with E-state index in [1.807, 2.05) is 13.0 Å². The van der Waals surface area contributed by atoms with E-state index in [2.05, 4.69) is 11.5 Å². The molecular weight excluding hydrogens is 202 g/mol. The number of nitrogens with zero attached hydrogens (tertiary/aromatic N) is 1. The third-order valence-electron chi connectivity index (χ3n) is 3.40. The molecule has 1 rings (SSSR count). The van der Waals surface area contributed by atoms with Gasteiger partial charge in [0.15, 0.2) is 0 Å². The average molecular weight is 227 g/mol. The first kappa shape index (κ1) is 13.7. The third kappa shape index (κ3) is 4.64. The third-order valence-corrected chi connectivity index (χ3v) is 3.40. The van der Waals surface area contributed by atoms with Crippen LogP contribution in [-0.4, -0.2) is 47.0 Å². The molecule has 1 saturated heterocycles. The number of allylic oxidation sites excluding steroid dienone is 1. The number of β-amino-alcohol motifs (C(OH)–C–C–N with tert-alkyl or cyclic N) is 1. The maximum absolute atomic E-state index is 9.81. The summed E-state index contributed by atoms with van der Waals surface area (Å²) < 4.78 is 0. The molecule has 0 radical (unpaired) electrons. The summed E-state index contributed by atoms with van der Waals surface area (Å²) in [5.41, 5.74) is 0. The van der Waals surface area contributed by atoms with Crippen LogP contribution in [0.3, 0.4) is 0 Å². The van der Waals surface area contributed by atoms with Crippen molar-refractivity contribution in [3.63, 3.8) is 0 Å². The van der Waals surface area contributed by atoms with E-state index in [9.17, 15) is 10.2 Å². The Labute approximate surface area is 98.8 Å². The second-order valence-electron chi connectivity index (χ2n) is 4.92. The molecule has 0 aliphatic carbocycles. The molecule has 16 heavy (non-hydrogen) atoms. The summed E-state index contributed by atoms with van der Waals surface area (Å²) in [5.74, 6) is 0.375. The van der Waals surface area contributed by atoms with Crippen LogP contribution < -0.4 is 0 Å². The molecule has 0 amide bonds. The van der Waals surface area contributed by atoms with Crippen molar-refractivity contribution in [3.8, 4) is 0 Å². The van der Waals surface area contributed by atoms with Crippen LogP contribution in [-0.2, 0) is 0 Å². The number of aliphatic hydroxyl groups is 2. The lowest BCUT2D eigenvalue weighted by Gasteiger charge is -2.35. The van der Waals surface area contributed by atoms with Gasteiger partial charge in [-0.25, -0.2) is 0 Å². The molecule has 1 aliphatic rings. The van der Waals surface area contributed by atoms with Gasteiger partial charge >= 0.3 is 0 Å². The van der Waals surface area contributed by atoms with Crippen molar-refractivity contribution in [2.24, 2.45) is 5.92 Å². The van der Waals surface area contributed by atoms with E-state index in [0.29, 0.717) is 5.92 Å². The molecule has 1 fully saturated rings. The molecule has 0 aromatic heterocycles. The maximum Gasteiger partial charge on any atom is 0.0670 e. The fourth-order valence-corrected chi connectivity index (χ4v) is 2.35. The van der Waals surface area contributed by atoms with Crippen molar-refractivity contribution in [1.82, 2.24) is 4.90 Å². The smallest absolute Gasteiger partial charge is 0.0670 e. The number of rotatable bonds is 6. The highest BCUT2D eigenvalue weighted by molar-refractivity contribution is 4.78. The first-order chi connectivity index (χ1) is 7.63. The molecule has 1 heterocycles. The van der Waals surface area contributed by atoms with E-state index >= 15 is 0 Å². The van der Waals surface area contributed by atoms with Crippen molar-refractivity contribution < 1.29 is 10.2 Å². The van der Waals surface area contributed by atoms with Crippen molar-refractivity contribution in [2.45, 2.75) is 44.8 Å². The molecule has 0 bridgehead atoms. The van der Waals surface area contributed by atoms with E-state index in [0.717, 1.165) is 45.3 Å². The van der Waals surface area contributed by atoms with Gasteiger partial charge in [0.25, 0.3) is 0 Å². The highest BCUT2D eigenvalue weighted by atomic mass is 16.3. The van der Waals surface area contributed by atoms with E-state index in [1.54, 1.807) is 0 Å². The van der Waals surface area contributed by atoms with Gasteiger partial charge in [-0.15, -0.1) is 6.58 Å². The molecule has 0 aromatic carbocycles. The van der Waals surface area contributed by atoms with E-state index in [4.69, 9.17) is 0 Å². The van der Waals surface area contributed by atoms with E-state index < -0.39 is 0 Å². The largest absolute Gasteiger partial charge is 0.393 e. The Hall–Kier alpha value is -0.380. The van der Waals surface area contributed by atoms with Crippen LogP contribution in [0.1, 0.15) is 32.6 Å². The summed E-state index contributed by atoms with van der Waals surface area (Å²) >= 11 is 0. The minimum atomic E-state index is -0.259. The molecule has 0 saturated carbocycles. The lowest BCUT2D eigenvalue weighted by Crippen LogP contribution is -2.42. The van der Waals surface area contributed by atoms with E-state index in [1.165, 1.54) is 0 Å². The molecule has 3 heteroatoms. The Morgan fingerprint density at radius 1 is 1.50 bits per heavy atom. The summed E-state index contributed by atoms with van der Waals surface area (Å²) in [7, 11) is 0. The molecule has 1 aliphatic heterocycles. The number of hydrogen-bond acceptors (Lipinski definition) is 3. The van der Waals surface area contributed by atoms with Gasteiger partial charge in [-0.05, 0) is 45.1 Å². The van der Waals surface area contributed by atoms with E-state index in [-0.39, 0.29) is 12.2 Å². The normalized spacial score (nSPS) is 26.3. The first-order valence-electron chi connectivity index (χ1n) is 6.33. The van der Waals surface area contributed by atoms with Crippen LogP contribution in [0.2, 0.25) is 0 Å². The maximum atomic E-state index is 9.81. The van der Waals surface area contributed by atoms with Crippen LogP contribution in [0.5, 0.6) is 0 Å². The quantitative estimate of drug-likeness (QED) is 0.674. The van der Waals surface area contributed by atoms with Gasteiger partial charge in [0.05, 0.1) is 12.2 Å². The van der Waals surface area contributed by atoms with Gasteiger partial charge in [0, 0.05) is 13.1 Å². The molecule has 3 atom stereocenters. The summed E-state index contributed by atoms with van der Waals surface area (Å²) in [6, 6.07) is 0. The standard InChI is InChI=1S/C13H25NO2/c1-3-4-7-13(16)10-14-8-5-6-12(9-14)11(2)15/h3,11-13,15-16H,1,4-10H2,2H3/t11-,12+,13-/m1/s1. The Morgan fingerprint density at radius 3 is 2.88 bits per heavy atom. The minimum absolute atomic E-state index is 0.229. The monoisotopic (exact) mass is 227 g/mol. The fraction of sp³-hybridized carbons (Fsp3) is 0.846. The Bertz CT molecular complexity index is 206. The summed E-state index contributed by atoms with van der Waals surface area (Å²) in [4.78, 5) is 2.27. The van der Waals surface area contributed by atoms with Crippen LogP contribution >= 0.6 is 0 Å². The average Bonchev–Trinajstić information content (AvgIpc) is 2.26. The Morgan fingerprint density at radius 2 is 2.25 bits per heavy atom. The minimum Gasteiger partial charge on any atom is -0.393 e. The summed E-state index contributed by atoms with van der Waals surface area (Å²) in [5, 5.41) is 19.4. The van der Waals surface area contributed by atoms with Crippen molar-refractivity contribution >= 4 is 0 Å². The topological polar surface area (TPSA) is 43.7 Å². The Kier molecular flexibility index (Phi) is 6.03. The zero-order valence-corrected chi connectivity index (χ0v) is 10.3. The van der Waals surface area contributed by atoms with Gasteiger partial charge in [-0.1, -0.05) is 6.08 Å². The molecule has 0 spiro atoms. The summed E-state index contributed by atoms with van der Waals surface area (Å²) in [6.07, 6.45) is 5.26. The molecular formula is C13H25NO2. The molecule has 0 aromatic rings. The number of hydrogen-bond donors (Lipinski definition) is 2. The molecule has 0 unspecified atom stereocenters. The highest BCUT2D eigenvalue weighted by Gasteiger charge is 2.24. The van der Waals surface area contributed by atoms with Crippen LogP contribution in [0.25, 0.3) is 0 Å². The van der Waals surface area contributed by atoms with Crippen molar-refractivity contribution in [3.05, 3.63) is 12.7 Å². The summed E-state index contributed by atoms with van der Waals surface area (Å²) in [6.45, 7) is 8.22. The Balaban J connectivity index is 2.28. The van der Waals surface area contributed by atoms with Gasteiger partial charge in [-0.3, -0.25) is 0 Å². The molecule has 2 N–H and O–H groups in total. The van der Waals surface area contributed by atoms with Crippen LogP contribution in [0, 0.1) is 5.92 Å². The number of piperidine rings is 1. The zero-order chi connectivity index (χ0) is 12.0. The molecule has 94 valence electrons. The second kappa shape index (κ2) is 7.05. The van der Waals surface area contributed by atoms with Crippen LogP contribution in [0.15, 0.2) is 12.7 Å². The predicted octanol–water partition coefficient (Wildman–Crippen LogP) is 1.41. The van der Waals surface area contributed by atoms with Gasteiger partial charge < -0.3 is 15.1 Å². The second-order valence-corrected chi connectivity index (χ2v) is 4.92. The van der Waals surface area contributed by atoms with Gasteiger partial charge in [0.2, 0.25) is 0 Å².